The Balaban J connectivity index is 2.11. The maximum atomic E-state index is 10.9. The van der Waals surface area contributed by atoms with Gasteiger partial charge in [0.2, 0.25) is 0 Å². The van der Waals surface area contributed by atoms with Gasteiger partial charge >= 0.3 is 0 Å². The molecule has 0 unspecified atom stereocenters. The number of hydrogen-bond donors (Lipinski definition) is 0. The number of carbonyl (C=O) groups excluding carboxylic acids is 1. The summed E-state index contributed by atoms with van der Waals surface area (Å²) in [5, 5.41) is 0. The Hall–Kier alpha value is -1.09. The largest absolute Gasteiger partial charge is 0.378 e. The van der Waals surface area contributed by atoms with E-state index >= 15 is 0 Å². The fourth-order valence-electron chi connectivity index (χ4n) is 2.60. The average Bonchev–Trinajstić information content (AvgIpc) is 2.48. The van der Waals surface area contributed by atoms with Gasteiger partial charge in [-0.25, -0.2) is 0 Å². The van der Waals surface area contributed by atoms with Crippen molar-refractivity contribution in [2.24, 2.45) is 0 Å². The molecular formula is C13H19NO2. The van der Waals surface area contributed by atoms with Crippen molar-refractivity contribution in [3.05, 3.63) is 23.0 Å². The highest BCUT2D eigenvalue weighted by Gasteiger charge is 2.32. The lowest BCUT2D eigenvalue weighted by atomic mass is 9.88. The maximum Gasteiger partial charge on any atom is 0.151 e. The van der Waals surface area contributed by atoms with Crippen molar-refractivity contribution in [1.29, 1.82) is 0 Å². The van der Waals surface area contributed by atoms with Crippen LogP contribution in [-0.2, 0) is 4.74 Å². The van der Waals surface area contributed by atoms with Crippen LogP contribution in [0, 0.1) is 13.8 Å². The minimum Gasteiger partial charge on any atom is -0.378 e. The fraction of sp³-hybridized carbons (Fsp3) is 0.615. The number of rotatable bonds is 4. The quantitative estimate of drug-likeness (QED) is 0.732. The summed E-state index contributed by atoms with van der Waals surface area (Å²) < 4.78 is 7.84. The van der Waals surface area contributed by atoms with Gasteiger partial charge in [-0.2, -0.15) is 0 Å². The summed E-state index contributed by atoms with van der Waals surface area (Å²) in [4.78, 5) is 10.9. The molecule has 3 nitrogen and oxygen atoms in total. The Labute approximate surface area is 96.4 Å². The molecule has 1 aliphatic carbocycles. The van der Waals surface area contributed by atoms with Gasteiger partial charge in [0.15, 0.2) is 6.29 Å². The molecule has 88 valence electrons. The standard InChI is InChI=1S/C13H19NO2/c1-4-16-13-6-12(7-13)14-9(2)5-11(8-15)10(14)3/h5,8,12-13H,4,6-7H2,1-3H3. The number of aryl methyl sites for hydroxylation is 1. The summed E-state index contributed by atoms with van der Waals surface area (Å²) >= 11 is 0. The molecule has 1 aliphatic rings. The van der Waals surface area contributed by atoms with E-state index in [1.807, 2.05) is 19.9 Å². The molecule has 0 spiro atoms. The van der Waals surface area contributed by atoms with Crippen molar-refractivity contribution in [1.82, 2.24) is 4.57 Å². The van der Waals surface area contributed by atoms with Crippen LogP contribution >= 0.6 is 0 Å². The predicted molar refractivity (Wildman–Crippen MR) is 63.0 cm³/mol. The Kier molecular flexibility index (Phi) is 3.15. The van der Waals surface area contributed by atoms with Crippen LogP contribution < -0.4 is 0 Å². The Morgan fingerprint density at radius 2 is 2.19 bits per heavy atom. The molecule has 0 atom stereocenters. The van der Waals surface area contributed by atoms with E-state index in [9.17, 15) is 4.79 Å². The molecule has 1 fully saturated rings. The van der Waals surface area contributed by atoms with E-state index in [0.717, 1.165) is 37.0 Å². The van der Waals surface area contributed by atoms with Crippen LogP contribution in [0.15, 0.2) is 6.07 Å². The van der Waals surface area contributed by atoms with E-state index in [1.165, 1.54) is 5.69 Å². The molecule has 1 saturated carbocycles. The summed E-state index contributed by atoms with van der Waals surface area (Å²) in [5.41, 5.74) is 3.09. The second-order valence-corrected chi connectivity index (χ2v) is 4.52. The lowest BCUT2D eigenvalue weighted by Gasteiger charge is -2.37. The van der Waals surface area contributed by atoms with Gasteiger partial charge in [-0.3, -0.25) is 4.79 Å². The molecule has 1 aromatic rings. The Bertz CT molecular complexity index is 389. The number of aromatic nitrogens is 1. The van der Waals surface area contributed by atoms with Gasteiger partial charge in [-0.15, -0.1) is 0 Å². The van der Waals surface area contributed by atoms with Gasteiger partial charge in [0.25, 0.3) is 0 Å². The minimum atomic E-state index is 0.413. The molecule has 1 aromatic heterocycles. The van der Waals surface area contributed by atoms with Gasteiger partial charge in [0.1, 0.15) is 0 Å². The summed E-state index contributed by atoms with van der Waals surface area (Å²) in [6, 6.07) is 2.49. The molecule has 0 radical (unpaired) electrons. The molecule has 3 heteroatoms. The van der Waals surface area contributed by atoms with E-state index in [2.05, 4.69) is 11.5 Å². The SMILES string of the molecule is CCOC1CC(n2c(C)cc(C=O)c2C)C1. The minimum absolute atomic E-state index is 0.413. The van der Waals surface area contributed by atoms with Crippen LogP contribution in [0.1, 0.15) is 47.6 Å². The van der Waals surface area contributed by atoms with Crippen LogP contribution in [0.2, 0.25) is 0 Å². The van der Waals surface area contributed by atoms with Crippen molar-refractivity contribution in [2.75, 3.05) is 6.61 Å². The highest BCUT2D eigenvalue weighted by Crippen LogP contribution is 2.37. The molecular weight excluding hydrogens is 202 g/mol. The first-order chi connectivity index (χ1) is 7.67. The van der Waals surface area contributed by atoms with E-state index in [-0.39, 0.29) is 0 Å². The van der Waals surface area contributed by atoms with Crippen LogP contribution in [0.4, 0.5) is 0 Å². The van der Waals surface area contributed by atoms with Crippen molar-refractivity contribution >= 4 is 6.29 Å². The molecule has 0 bridgehead atoms. The third kappa shape index (κ3) is 1.80. The van der Waals surface area contributed by atoms with Crippen LogP contribution in [0.3, 0.4) is 0 Å². The van der Waals surface area contributed by atoms with E-state index < -0.39 is 0 Å². The molecule has 0 saturated heterocycles. The number of ether oxygens (including phenoxy) is 1. The number of hydrogen-bond acceptors (Lipinski definition) is 2. The number of aldehydes is 1. The van der Waals surface area contributed by atoms with Gasteiger partial charge in [0.05, 0.1) is 6.10 Å². The summed E-state index contributed by atoms with van der Waals surface area (Å²) in [6.45, 7) is 6.91. The zero-order valence-electron chi connectivity index (χ0n) is 10.2. The summed E-state index contributed by atoms with van der Waals surface area (Å²) in [7, 11) is 0. The van der Waals surface area contributed by atoms with Gasteiger partial charge in [-0.05, 0) is 39.7 Å². The maximum absolute atomic E-state index is 10.9. The normalized spacial score (nSPS) is 24.2. The average molecular weight is 221 g/mol. The summed E-state index contributed by atoms with van der Waals surface area (Å²) in [5.74, 6) is 0. The highest BCUT2D eigenvalue weighted by atomic mass is 16.5. The summed E-state index contributed by atoms with van der Waals surface area (Å²) in [6.07, 6.45) is 3.50. The van der Waals surface area contributed by atoms with Gasteiger partial charge < -0.3 is 9.30 Å². The van der Waals surface area contributed by atoms with E-state index in [4.69, 9.17) is 4.74 Å². The van der Waals surface area contributed by atoms with Crippen molar-refractivity contribution < 1.29 is 9.53 Å². The lowest BCUT2D eigenvalue weighted by molar-refractivity contribution is -0.0204. The van der Waals surface area contributed by atoms with Crippen LogP contribution in [-0.4, -0.2) is 23.6 Å². The molecule has 0 amide bonds. The lowest BCUT2D eigenvalue weighted by Crippen LogP contribution is -2.34. The first-order valence-electron chi connectivity index (χ1n) is 5.92. The molecule has 16 heavy (non-hydrogen) atoms. The second-order valence-electron chi connectivity index (χ2n) is 4.52. The number of nitrogens with zero attached hydrogens (tertiary/aromatic N) is 1. The first-order valence-corrected chi connectivity index (χ1v) is 5.92. The smallest absolute Gasteiger partial charge is 0.151 e. The molecule has 0 N–H and O–H groups in total. The predicted octanol–water partition coefficient (Wildman–Crippen LogP) is 2.66. The van der Waals surface area contributed by atoms with Crippen LogP contribution in [0.25, 0.3) is 0 Å². The van der Waals surface area contributed by atoms with E-state index in [1.54, 1.807) is 0 Å². The van der Waals surface area contributed by atoms with Crippen molar-refractivity contribution in [3.8, 4) is 0 Å². The third-order valence-electron chi connectivity index (χ3n) is 3.49. The zero-order chi connectivity index (χ0) is 11.7. The van der Waals surface area contributed by atoms with Gasteiger partial charge in [-0.1, -0.05) is 0 Å². The van der Waals surface area contributed by atoms with Crippen molar-refractivity contribution in [3.63, 3.8) is 0 Å². The monoisotopic (exact) mass is 221 g/mol. The topological polar surface area (TPSA) is 31.2 Å². The molecule has 0 aliphatic heterocycles. The Morgan fingerprint density at radius 1 is 1.50 bits per heavy atom. The van der Waals surface area contributed by atoms with Crippen LogP contribution in [0.5, 0.6) is 0 Å². The third-order valence-corrected chi connectivity index (χ3v) is 3.49. The first kappa shape index (κ1) is 11.4. The number of carbonyl (C=O) groups is 1. The molecule has 1 heterocycles. The Morgan fingerprint density at radius 3 is 2.69 bits per heavy atom. The molecule has 0 aromatic carbocycles. The highest BCUT2D eigenvalue weighted by molar-refractivity contribution is 5.77. The fourth-order valence-corrected chi connectivity index (χ4v) is 2.60. The van der Waals surface area contributed by atoms with E-state index in [0.29, 0.717) is 12.1 Å². The zero-order valence-corrected chi connectivity index (χ0v) is 10.2. The van der Waals surface area contributed by atoms with Crippen molar-refractivity contribution in [2.45, 2.75) is 45.8 Å². The second kappa shape index (κ2) is 4.42. The van der Waals surface area contributed by atoms with Gasteiger partial charge in [0, 0.05) is 29.6 Å². The molecule has 2 rings (SSSR count).